The van der Waals surface area contributed by atoms with Crippen LogP contribution in [-0.2, 0) is 6.42 Å². The molecule has 2 aromatic rings. The molecule has 0 aliphatic carbocycles. The summed E-state index contributed by atoms with van der Waals surface area (Å²) in [5.74, 6) is -0.137. The minimum atomic E-state index is -0.391. The van der Waals surface area contributed by atoms with Crippen molar-refractivity contribution in [3.05, 3.63) is 75.3 Å². The molecule has 0 saturated carbocycles. The average Bonchev–Trinajstić information content (AvgIpc) is 2.59. The number of hydrogen-bond acceptors (Lipinski definition) is 4. The quantitative estimate of drug-likeness (QED) is 0.347. The molecular formula is C19H20N2O3. The Balaban J connectivity index is 2.19. The van der Waals surface area contributed by atoms with E-state index in [1.165, 1.54) is 12.1 Å². The predicted octanol–water partition coefficient (Wildman–Crippen LogP) is 4.12. The van der Waals surface area contributed by atoms with Crippen molar-refractivity contribution in [2.75, 3.05) is 19.0 Å². The van der Waals surface area contributed by atoms with Gasteiger partial charge in [0.05, 0.1) is 4.92 Å². The third-order valence-corrected chi connectivity index (χ3v) is 3.78. The van der Waals surface area contributed by atoms with Crippen LogP contribution in [0.15, 0.2) is 48.5 Å². The molecule has 0 aliphatic rings. The van der Waals surface area contributed by atoms with Gasteiger partial charge in [-0.1, -0.05) is 25.1 Å². The third-order valence-electron chi connectivity index (χ3n) is 3.78. The molecule has 0 radical (unpaired) electrons. The second-order valence-corrected chi connectivity index (χ2v) is 5.64. The van der Waals surface area contributed by atoms with Gasteiger partial charge >= 0.3 is 0 Å². The SMILES string of the molecule is CCc1ccc(C=CC(=O)c2ccc(N(C)C)cc2)cc1[N+](=O)[O-]. The van der Waals surface area contributed by atoms with Crippen LogP contribution in [0.1, 0.15) is 28.4 Å². The first-order chi connectivity index (χ1) is 11.4. The van der Waals surface area contributed by atoms with E-state index < -0.39 is 4.92 Å². The van der Waals surface area contributed by atoms with E-state index >= 15 is 0 Å². The lowest BCUT2D eigenvalue weighted by molar-refractivity contribution is -0.385. The number of nitro groups is 1. The topological polar surface area (TPSA) is 63.5 Å². The normalized spacial score (nSPS) is 10.8. The Morgan fingerprint density at radius 3 is 2.38 bits per heavy atom. The summed E-state index contributed by atoms with van der Waals surface area (Å²) in [4.78, 5) is 24.9. The van der Waals surface area contributed by atoms with Gasteiger partial charge in [0.25, 0.3) is 5.69 Å². The van der Waals surface area contributed by atoms with Gasteiger partial charge < -0.3 is 4.90 Å². The second-order valence-electron chi connectivity index (χ2n) is 5.64. The molecule has 0 aliphatic heterocycles. The van der Waals surface area contributed by atoms with Crippen molar-refractivity contribution < 1.29 is 9.72 Å². The Kier molecular flexibility index (Phi) is 5.47. The molecule has 0 atom stereocenters. The van der Waals surface area contributed by atoms with Gasteiger partial charge in [-0.15, -0.1) is 0 Å². The Hall–Kier alpha value is -2.95. The molecular weight excluding hydrogens is 304 g/mol. The fourth-order valence-corrected chi connectivity index (χ4v) is 2.35. The van der Waals surface area contributed by atoms with Crippen molar-refractivity contribution in [3.63, 3.8) is 0 Å². The van der Waals surface area contributed by atoms with Crippen LogP contribution in [0.5, 0.6) is 0 Å². The predicted molar refractivity (Wildman–Crippen MR) is 96.6 cm³/mol. The molecule has 0 bridgehead atoms. The van der Waals surface area contributed by atoms with Gasteiger partial charge in [-0.2, -0.15) is 0 Å². The number of anilines is 1. The number of carbonyl (C=O) groups excluding carboxylic acids is 1. The van der Waals surface area contributed by atoms with E-state index in [0.29, 0.717) is 23.1 Å². The lowest BCUT2D eigenvalue weighted by Crippen LogP contribution is -2.08. The minimum absolute atomic E-state index is 0.0856. The molecule has 5 nitrogen and oxygen atoms in total. The first-order valence-electron chi connectivity index (χ1n) is 7.69. The molecule has 0 N–H and O–H groups in total. The smallest absolute Gasteiger partial charge is 0.273 e. The van der Waals surface area contributed by atoms with E-state index in [4.69, 9.17) is 0 Å². The highest BCUT2D eigenvalue weighted by molar-refractivity contribution is 6.07. The van der Waals surface area contributed by atoms with Crippen molar-refractivity contribution in [2.24, 2.45) is 0 Å². The molecule has 0 fully saturated rings. The summed E-state index contributed by atoms with van der Waals surface area (Å²) in [6.07, 6.45) is 3.64. The number of aryl methyl sites for hydroxylation is 1. The van der Waals surface area contributed by atoms with E-state index in [9.17, 15) is 14.9 Å². The van der Waals surface area contributed by atoms with Crippen molar-refractivity contribution in [1.29, 1.82) is 0 Å². The van der Waals surface area contributed by atoms with Gasteiger partial charge in [0.2, 0.25) is 0 Å². The summed E-state index contributed by atoms with van der Waals surface area (Å²) in [5.41, 5.74) is 3.00. The van der Waals surface area contributed by atoms with Crippen LogP contribution in [-0.4, -0.2) is 24.8 Å². The molecule has 0 aromatic heterocycles. The first kappa shape index (κ1) is 17.4. The summed E-state index contributed by atoms with van der Waals surface area (Å²) < 4.78 is 0. The molecule has 0 saturated heterocycles. The van der Waals surface area contributed by atoms with E-state index in [1.807, 2.05) is 38.1 Å². The molecule has 124 valence electrons. The molecule has 0 heterocycles. The summed E-state index contributed by atoms with van der Waals surface area (Å²) in [6.45, 7) is 1.87. The number of hydrogen-bond donors (Lipinski definition) is 0. The highest BCUT2D eigenvalue weighted by atomic mass is 16.6. The maximum Gasteiger partial charge on any atom is 0.273 e. The Morgan fingerprint density at radius 1 is 1.17 bits per heavy atom. The molecule has 2 rings (SSSR count). The number of benzene rings is 2. The van der Waals surface area contributed by atoms with Crippen LogP contribution in [0.2, 0.25) is 0 Å². The molecule has 0 unspecified atom stereocenters. The van der Waals surface area contributed by atoms with Crippen molar-refractivity contribution in [3.8, 4) is 0 Å². The Morgan fingerprint density at radius 2 is 1.83 bits per heavy atom. The summed E-state index contributed by atoms with van der Waals surface area (Å²) in [5, 5.41) is 11.1. The van der Waals surface area contributed by atoms with E-state index in [1.54, 1.807) is 30.3 Å². The fourth-order valence-electron chi connectivity index (χ4n) is 2.35. The van der Waals surface area contributed by atoms with Gasteiger partial charge in [0.15, 0.2) is 5.78 Å². The summed E-state index contributed by atoms with van der Waals surface area (Å²) in [6, 6.07) is 12.3. The molecule has 24 heavy (non-hydrogen) atoms. The molecule has 5 heteroatoms. The van der Waals surface area contributed by atoms with Gasteiger partial charge in [0.1, 0.15) is 0 Å². The van der Waals surface area contributed by atoms with Crippen LogP contribution in [0.3, 0.4) is 0 Å². The number of rotatable bonds is 6. The molecule has 0 spiro atoms. The van der Waals surface area contributed by atoms with Crippen molar-refractivity contribution in [1.82, 2.24) is 0 Å². The van der Waals surface area contributed by atoms with Crippen LogP contribution in [0, 0.1) is 10.1 Å². The van der Waals surface area contributed by atoms with Crippen LogP contribution < -0.4 is 4.90 Å². The van der Waals surface area contributed by atoms with Crippen molar-refractivity contribution >= 4 is 23.2 Å². The number of carbonyl (C=O) groups is 1. The monoisotopic (exact) mass is 324 g/mol. The average molecular weight is 324 g/mol. The Bertz CT molecular complexity index is 778. The van der Waals surface area contributed by atoms with Crippen LogP contribution >= 0.6 is 0 Å². The number of allylic oxidation sites excluding steroid dienone is 1. The zero-order valence-corrected chi connectivity index (χ0v) is 14.0. The van der Waals surface area contributed by atoms with Gasteiger partial charge in [-0.3, -0.25) is 14.9 Å². The molecule has 2 aromatic carbocycles. The summed E-state index contributed by atoms with van der Waals surface area (Å²) in [7, 11) is 3.87. The second kappa shape index (κ2) is 7.55. The Labute approximate surface area is 141 Å². The van der Waals surface area contributed by atoms with Gasteiger partial charge in [-0.05, 0) is 42.3 Å². The number of nitro benzene ring substituents is 1. The zero-order valence-electron chi connectivity index (χ0n) is 14.0. The lowest BCUT2D eigenvalue weighted by Gasteiger charge is -2.11. The van der Waals surface area contributed by atoms with E-state index in [2.05, 4.69) is 0 Å². The maximum atomic E-state index is 12.2. The fraction of sp³-hybridized carbons (Fsp3) is 0.211. The standard InChI is InChI=1S/C19H20N2O3/c1-4-15-7-5-14(13-18(15)21(23)24)6-12-19(22)16-8-10-17(11-9-16)20(2)3/h5-13H,4H2,1-3H3. The summed E-state index contributed by atoms with van der Waals surface area (Å²) >= 11 is 0. The maximum absolute atomic E-state index is 12.2. The van der Waals surface area contributed by atoms with Crippen LogP contribution in [0.25, 0.3) is 6.08 Å². The number of ketones is 1. The minimum Gasteiger partial charge on any atom is -0.378 e. The van der Waals surface area contributed by atoms with E-state index in [0.717, 1.165) is 5.69 Å². The number of nitrogens with zero attached hydrogens (tertiary/aromatic N) is 2. The third kappa shape index (κ3) is 4.07. The van der Waals surface area contributed by atoms with Crippen molar-refractivity contribution in [2.45, 2.75) is 13.3 Å². The largest absolute Gasteiger partial charge is 0.378 e. The van der Waals surface area contributed by atoms with Gasteiger partial charge in [-0.25, -0.2) is 0 Å². The zero-order chi connectivity index (χ0) is 17.7. The highest BCUT2D eigenvalue weighted by Crippen LogP contribution is 2.22. The lowest BCUT2D eigenvalue weighted by atomic mass is 10.1. The van der Waals surface area contributed by atoms with Gasteiger partial charge in [0, 0.05) is 37.0 Å². The van der Waals surface area contributed by atoms with E-state index in [-0.39, 0.29) is 11.5 Å². The van der Waals surface area contributed by atoms with Crippen LogP contribution in [0.4, 0.5) is 11.4 Å². The first-order valence-corrected chi connectivity index (χ1v) is 7.69. The molecule has 0 amide bonds. The highest BCUT2D eigenvalue weighted by Gasteiger charge is 2.12.